The summed E-state index contributed by atoms with van der Waals surface area (Å²) in [6, 6.07) is 20.2. The smallest absolute Gasteiger partial charge is 0.252 e. The average molecular weight is 713 g/mol. The number of fused-ring (bicyclic) bond motifs is 2. The molecule has 3 aromatic carbocycles. The second kappa shape index (κ2) is 16.3. The summed E-state index contributed by atoms with van der Waals surface area (Å²) in [7, 11) is 0. The lowest BCUT2D eigenvalue weighted by Crippen LogP contribution is -2.62. The first-order chi connectivity index (χ1) is 24.5. The zero-order chi connectivity index (χ0) is 36.1. The van der Waals surface area contributed by atoms with Crippen LogP contribution in [0.1, 0.15) is 66.3 Å². The van der Waals surface area contributed by atoms with Crippen LogP contribution in [-0.4, -0.2) is 78.5 Å². The highest BCUT2D eigenvalue weighted by Gasteiger charge is 2.43. The van der Waals surface area contributed by atoms with Crippen LogP contribution in [0.25, 0.3) is 5.57 Å². The monoisotopic (exact) mass is 712 g/mol. The molecule has 3 N–H and O–H groups in total. The molecule has 3 aromatic rings. The summed E-state index contributed by atoms with van der Waals surface area (Å²) in [5, 5.41) is 4.27. The van der Waals surface area contributed by atoms with Crippen LogP contribution >= 0.6 is 11.6 Å². The molecule has 270 valence electrons. The standard InChI is InChI=1S/C41H49ClN4O5/c1-26-7-9-29(10-8-26)17-18-46(32-13-14-32)41(49)40-34(23-31-24-45(25-36(40)44-31)39(48)6-4-5-38(43)47)30-11-15-33(16-12-30)50-19-20-51-37-22-28(3)27(2)21-35(37)42/h7-12,15-16,21-22,31-32,36,44H,4-6,13-14,17-20,23-25H2,1-3H3,(H2,43,47)/t31?,36-/m1/s1. The lowest BCUT2D eigenvalue weighted by atomic mass is 9.82. The van der Waals surface area contributed by atoms with Gasteiger partial charge in [0.05, 0.1) is 11.1 Å². The predicted molar refractivity (Wildman–Crippen MR) is 200 cm³/mol. The average Bonchev–Trinajstić information content (AvgIpc) is 3.95. The van der Waals surface area contributed by atoms with Crippen LogP contribution in [0.3, 0.4) is 0 Å². The van der Waals surface area contributed by atoms with Crippen molar-refractivity contribution in [3.8, 4) is 11.5 Å². The molecule has 6 rings (SSSR count). The predicted octanol–water partition coefficient (Wildman–Crippen LogP) is 5.94. The van der Waals surface area contributed by atoms with Crippen LogP contribution in [0, 0.1) is 20.8 Å². The van der Waals surface area contributed by atoms with Crippen molar-refractivity contribution in [3.63, 3.8) is 0 Å². The maximum absolute atomic E-state index is 14.7. The van der Waals surface area contributed by atoms with Gasteiger partial charge in [0.15, 0.2) is 0 Å². The van der Waals surface area contributed by atoms with Gasteiger partial charge in [-0.2, -0.15) is 0 Å². The van der Waals surface area contributed by atoms with E-state index in [9.17, 15) is 14.4 Å². The molecule has 9 nitrogen and oxygen atoms in total. The Bertz CT molecular complexity index is 1770. The number of hydrogen-bond donors (Lipinski definition) is 2. The van der Waals surface area contributed by atoms with E-state index in [1.807, 2.05) is 55.1 Å². The van der Waals surface area contributed by atoms with Crippen molar-refractivity contribution in [3.05, 3.63) is 99.1 Å². The molecule has 1 saturated heterocycles. The minimum absolute atomic E-state index is 0.00244. The van der Waals surface area contributed by atoms with Gasteiger partial charge in [-0.1, -0.05) is 53.6 Å². The van der Waals surface area contributed by atoms with Gasteiger partial charge in [0.25, 0.3) is 5.91 Å². The molecule has 2 fully saturated rings. The Labute approximate surface area is 306 Å². The Morgan fingerprint density at radius 3 is 2.33 bits per heavy atom. The Kier molecular flexibility index (Phi) is 11.7. The third-order valence-corrected chi connectivity index (χ3v) is 10.5. The minimum Gasteiger partial charge on any atom is -0.490 e. The summed E-state index contributed by atoms with van der Waals surface area (Å²) in [5.74, 6) is 0.983. The van der Waals surface area contributed by atoms with Crippen molar-refractivity contribution in [2.24, 2.45) is 5.73 Å². The van der Waals surface area contributed by atoms with Crippen LogP contribution in [0.2, 0.25) is 5.02 Å². The van der Waals surface area contributed by atoms with E-state index in [1.165, 1.54) is 11.1 Å². The molecule has 2 bridgehead atoms. The van der Waals surface area contributed by atoms with Crippen molar-refractivity contribution < 1.29 is 23.9 Å². The third-order valence-electron chi connectivity index (χ3n) is 10.2. The molecule has 2 aliphatic heterocycles. The molecular weight excluding hydrogens is 664 g/mol. The molecule has 0 aromatic heterocycles. The Balaban J connectivity index is 1.20. The van der Waals surface area contributed by atoms with Crippen LogP contribution in [0.4, 0.5) is 0 Å². The third kappa shape index (κ3) is 9.32. The lowest BCUT2D eigenvalue weighted by molar-refractivity contribution is -0.134. The summed E-state index contributed by atoms with van der Waals surface area (Å²) in [4.78, 5) is 43.2. The number of hydrogen-bond acceptors (Lipinski definition) is 6. The fourth-order valence-corrected chi connectivity index (χ4v) is 7.34. The molecule has 1 saturated carbocycles. The molecular formula is C41H49ClN4O5. The van der Waals surface area contributed by atoms with Gasteiger partial charge in [0.2, 0.25) is 11.8 Å². The zero-order valence-corrected chi connectivity index (χ0v) is 30.6. The second-order valence-electron chi connectivity index (χ2n) is 14.2. The molecule has 3 amide bonds. The van der Waals surface area contributed by atoms with Gasteiger partial charge >= 0.3 is 0 Å². The fraction of sp³-hybridized carbons (Fsp3) is 0.439. The van der Waals surface area contributed by atoms with Gasteiger partial charge < -0.3 is 30.3 Å². The second-order valence-corrected chi connectivity index (χ2v) is 14.6. The molecule has 1 aliphatic carbocycles. The largest absolute Gasteiger partial charge is 0.490 e. The highest BCUT2D eigenvalue weighted by atomic mass is 35.5. The Hall–Kier alpha value is -4.34. The number of ether oxygens (including phenoxy) is 2. The number of halogens is 1. The number of carbonyl (C=O) groups is 3. The van der Waals surface area contributed by atoms with Gasteiger partial charge in [0.1, 0.15) is 24.7 Å². The fourth-order valence-electron chi connectivity index (χ4n) is 7.07. The molecule has 2 atom stereocenters. The number of benzene rings is 3. The number of nitrogens with two attached hydrogens (primary N) is 1. The summed E-state index contributed by atoms with van der Waals surface area (Å²) >= 11 is 6.37. The normalized spacial score (nSPS) is 18.4. The SMILES string of the molecule is Cc1ccc(CCN(C(=O)C2=C(c3ccc(OCCOc4cc(C)c(C)cc4Cl)cc3)CC3CN(C(=O)CCCC(N)=O)C[C@H]2N3)C2CC2)cc1. The van der Waals surface area contributed by atoms with E-state index >= 15 is 0 Å². The number of aryl methyl sites for hydroxylation is 3. The van der Waals surface area contributed by atoms with Gasteiger partial charge in [-0.3, -0.25) is 14.4 Å². The summed E-state index contributed by atoms with van der Waals surface area (Å²) in [6.45, 7) is 8.40. The van der Waals surface area contributed by atoms with E-state index in [2.05, 4.69) is 41.4 Å². The minimum atomic E-state index is -0.404. The first-order valence-corrected chi connectivity index (χ1v) is 18.5. The lowest BCUT2D eigenvalue weighted by Gasteiger charge is -2.45. The molecule has 51 heavy (non-hydrogen) atoms. The van der Waals surface area contributed by atoms with Crippen molar-refractivity contribution >= 4 is 34.9 Å². The van der Waals surface area contributed by atoms with Crippen molar-refractivity contribution in [2.75, 3.05) is 32.8 Å². The number of amides is 3. The molecule has 2 heterocycles. The van der Waals surface area contributed by atoms with Crippen LogP contribution in [0.15, 0.2) is 66.2 Å². The van der Waals surface area contributed by atoms with Crippen molar-refractivity contribution in [2.45, 2.75) is 83.8 Å². The van der Waals surface area contributed by atoms with E-state index < -0.39 is 5.91 Å². The van der Waals surface area contributed by atoms with Crippen molar-refractivity contribution in [1.29, 1.82) is 0 Å². The molecule has 1 unspecified atom stereocenters. The van der Waals surface area contributed by atoms with E-state index in [-0.39, 0.29) is 42.8 Å². The van der Waals surface area contributed by atoms with Crippen LogP contribution in [-0.2, 0) is 20.8 Å². The van der Waals surface area contributed by atoms with Gasteiger partial charge in [-0.05, 0) is 105 Å². The van der Waals surface area contributed by atoms with Gasteiger partial charge in [0, 0.05) is 50.1 Å². The maximum Gasteiger partial charge on any atom is 0.252 e. The number of rotatable bonds is 15. The first kappa shape index (κ1) is 36.5. The number of nitrogens with one attached hydrogen (secondary N) is 1. The summed E-state index contributed by atoms with van der Waals surface area (Å²) in [6.07, 6.45) is 4.26. The van der Waals surface area contributed by atoms with Crippen LogP contribution < -0.4 is 20.5 Å². The topological polar surface area (TPSA) is 114 Å². The summed E-state index contributed by atoms with van der Waals surface area (Å²) in [5.41, 5.74) is 12.7. The summed E-state index contributed by atoms with van der Waals surface area (Å²) < 4.78 is 11.9. The highest BCUT2D eigenvalue weighted by molar-refractivity contribution is 6.32. The van der Waals surface area contributed by atoms with E-state index in [0.29, 0.717) is 62.2 Å². The highest BCUT2D eigenvalue weighted by Crippen LogP contribution is 2.37. The van der Waals surface area contributed by atoms with Crippen molar-refractivity contribution in [1.82, 2.24) is 15.1 Å². The molecule has 0 radical (unpaired) electrons. The number of piperazine rings is 1. The van der Waals surface area contributed by atoms with E-state index in [0.717, 1.165) is 47.1 Å². The maximum atomic E-state index is 14.7. The molecule has 10 heteroatoms. The quantitative estimate of drug-likeness (QED) is 0.189. The Morgan fingerprint density at radius 1 is 0.922 bits per heavy atom. The first-order valence-electron chi connectivity index (χ1n) is 18.1. The van der Waals surface area contributed by atoms with Gasteiger partial charge in [-0.25, -0.2) is 0 Å². The number of carbonyl (C=O) groups excluding carboxylic acids is 3. The van der Waals surface area contributed by atoms with Gasteiger partial charge in [-0.15, -0.1) is 0 Å². The number of nitrogens with zero attached hydrogens (tertiary/aromatic N) is 2. The molecule has 3 aliphatic rings. The van der Waals surface area contributed by atoms with Crippen LogP contribution in [0.5, 0.6) is 11.5 Å². The number of primary amides is 1. The van der Waals surface area contributed by atoms with E-state index in [4.69, 9.17) is 26.8 Å². The van der Waals surface area contributed by atoms with E-state index in [1.54, 1.807) is 0 Å². The zero-order valence-electron chi connectivity index (χ0n) is 29.9. The molecule has 0 spiro atoms. The Morgan fingerprint density at radius 2 is 1.63 bits per heavy atom.